The van der Waals surface area contributed by atoms with E-state index in [0.717, 1.165) is 19.7 Å². The summed E-state index contributed by atoms with van der Waals surface area (Å²) >= 11 is 0. The van der Waals surface area contributed by atoms with Crippen LogP contribution in [0.1, 0.15) is 36.3 Å². The van der Waals surface area contributed by atoms with Gasteiger partial charge in [0.25, 0.3) is 0 Å². The summed E-state index contributed by atoms with van der Waals surface area (Å²) in [5.74, 6) is 0.626. The molecule has 1 aromatic rings. The van der Waals surface area contributed by atoms with Crippen LogP contribution in [-0.2, 0) is 11.2 Å². The van der Waals surface area contributed by atoms with Gasteiger partial charge in [0.1, 0.15) is 0 Å². The van der Waals surface area contributed by atoms with Crippen LogP contribution in [0.5, 0.6) is 0 Å². The van der Waals surface area contributed by atoms with Crippen molar-refractivity contribution in [2.75, 3.05) is 19.7 Å². The molecule has 92 valence electrons. The summed E-state index contributed by atoms with van der Waals surface area (Å²) in [4.78, 5) is 0. The molecule has 2 nitrogen and oxygen atoms in total. The van der Waals surface area contributed by atoms with Crippen LogP contribution in [0.2, 0.25) is 0 Å². The number of hydrogen-bond donors (Lipinski definition) is 1. The lowest BCUT2D eigenvalue weighted by Gasteiger charge is -2.26. The summed E-state index contributed by atoms with van der Waals surface area (Å²) in [5, 5.41) is 3.35. The summed E-state index contributed by atoms with van der Waals surface area (Å²) < 4.78 is 6.04. The van der Waals surface area contributed by atoms with E-state index in [1.165, 1.54) is 36.8 Å². The Kier molecular flexibility index (Phi) is 3.44. The maximum atomic E-state index is 6.04. The maximum absolute atomic E-state index is 6.04. The Morgan fingerprint density at radius 3 is 3.06 bits per heavy atom. The van der Waals surface area contributed by atoms with Crippen LogP contribution in [-0.4, -0.2) is 25.8 Å². The van der Waals surface area contributed by atoms with E-state index in [1.54, 1.807) is 0 Å². The molecule has 1 N–H and O–H groups in total. The van der Waals surface area contributed by atoms with Crippen molar-refractivity contribution in [3.63, 3.8) is 0 Å². The average Bonchev–Trinajstić information content (AvgIpc) is 2.89. The number of aryl methyl sites for hydroxylation is 1. The first-order valence-corrected chi connectivity index (χ1v) is 6.83. The van der Waals surface area contributed by atoms with Gasteiger partial charge in [0, 0.05) is 12.5 Å². The Morgan fingerprint density at radius 2 is 2.18 bits per heavy atom. The first-order chi connectivity index (χ1) is 8.43. The maximum Gasteiger partial charge on any atom is 0.0711 e. The van der Waals surface area contributed by atoms with E-state index in [0.29, 0.717) is 12.0 Å². The molecule has 2 unspecified atom stereocenters. The molecule has 17 heavy (non-hydrogen) atoms. The van der Waals surface area contributed by atoms with E-state index in [1.807, 2.05) is 0 Å². The molecule has 0 saturated carbocycles. The van der Waals surface area contributed by atoms with Gasteiger partial charge in [-0.25, -0.2) is 0 Å². The molecule has 0 aromatic heterocycles. The molecule has 2 atom stereocenters. The summed E-state index contributed by atoms with van der Waals surface area (Å²) in [5.41, 5.74) is 3.07. The van der Waals surface area contributed by atoms with E-state index in [2.05, 4.69) is 29.6 Å². The van der Waals surface area contributed by atoms with E-state index in [9.17, 15) is 0 Å². The number of benzene rings is 1. The molecule has 2 heteroatoms. The quantitative estimate of drug-likeness (QED) is 0.863. The van der Waals surface area contributed by atoms with Crippen molar-refractivity contribution in [2.24, 2.45) is 0 Å². The number of fused-ring (bicyclic) bond motifs is 1. The summed E-state index contributed by atoms with van der Waals surface area (Å²) in [6.45, 7) is 3.06. The number of ether oxygens (including phenoxy) is 1. The zero-order valence-electron chi connectivity index (χ0n) is 10.3. The largest absolute Gasteiger partial charge is 0.376 e. The van der Waals surface area contributed by atoms with Crippen LogP contribution >= 0.6 is 0 Å². The minimum absolute atomic E-state index is 0.448. The topological polar surface area (TPSA) is 21.3 Å². The Labute approximate surface area is 103 Å². The second-order valence-electron chi connectivity index (χ2n) is 5.24. The molecule has 0 radical (unpaired) electrons. The van der Waals surface area contributed by atoms with Gasteiger partial charge in [-0.3, -0.25) is 0 Å². The first-order valence-electron chi connectivity index (χ1n) is 6.83. The highest BCUT2D eigenvalue weighted by molar-refractivity contribution is 5.32. The third-order valence-corrected chi connectivity index (χ3v) is 4.04. The molecular formula is C15H21NO. The highest BCUT2D eigenvalue weighted by Crippen LogP contribution is 2.31. The fourth-order valence-electron chi connectivity index (χ4n) is 3.05. The van der Waals surface area contributed by atoms with E-state index < -0.39 is 0 Å². The molecule has 0 bridgehead atoms. The lowest BCUT2D eigenvalue weighted by molar-refractivity contribution is 0.0534. The van der Waals surface area contributed by atoms with Gasteiger partial charge >= 0.3 is 0 Å². The average molecular weight is 231 g/mol. The van der Waals surface area contributed by atoms with Gasteiger partial charge in [0.05, 0.1) is 12.7 Å². The van der Waals surface area contributed by atoms with Crippen LogP contribution < -0.4 is 5.32 Å². The lowest BCUT2D eigenvalue weighted by atomic mass is 9.83. The van der Waals surface area contributed by atoms with E-state index in [-0.39, 0.29) is 0 Å². The minimum Gasteiger partial charge on any atom is -0.376 e. The minimum atomic E-state index is 0.448. The van der Waals surface area contributed by atoms with Crippen molar-refractivity contribution in [3.05, 3.63) is 35.4 Å². The van der Waals surface area contributed by atoms with Gasteiger partial charge in [-0.15, -0.1) is 0 Å². The van der Waals surface area contributed by atoms with Crippen molar-refractivity contribution in [3.8, 4) is 0 Å². The summed E-state index contributed by atoms with van der Waals surface area (Å²) in [7, 11) is 0. The van der Waals surface area contributed by atoms with Gasteiger partial charge in [-0.05, 0) is 43.4 Å². The predicted molar refractivity (Wildman–Crippen MR) is 69.3 cm³/mol. The molecule has 1 aromatic carbocycles. The SMILES string of the molecule is c1ccc2c(c1)CCCC2COC1CCNC1. The monoisotopic (exact) mass is 231 g/mol. The highest BCUT2D eigenvalue weighted by Gasteiger charge is 2.22. The van der Waals surface area contributed by atoms with Crippen molar-refractivity contribution in [1.29, 1.82) is 0 Å². The fraction of sp³-hybridized carbons (Fsp3) is 0.600. The third-order valence-electron chi connectivity index (χ3n) is 4.04. The fourth-order valence-corrected chi connectivity index (χ4v) is 3.05. The van der Waals surface area contributed by atoms with Crippen molar-refractivity contribution >= 4 is 0 Å². The molecule has 1 aliphatic heterocycles. The Morgan fingerprint density at radius 1 is 1.24 bits per heavy atom. The molecule has 1 fully saturated rings. The van der Waals surface area contributed by atoms with Crippen LogP contribution in [0.4, 0.5) is 0 Å². The lowest BCUT2D eigenvalue weighted by Crippen LogP contribution is -2.22. The Hall–Kier alpha value is -0.860. The smallest absolute Gasteiger partial charge is 0.0711 e. The number of hydrogen-bond acceptors (Lipinski definition) is 2. The molecule has 3 rings (SSSR count). The number of rotatable bonds is 3. The van der Waals surface area contributed by atoms with Crippen molar-refractivity contribution < 1.29 is 4.74 Å². The molecule has 0 amide bonds. The van der Waals surface area contributed by atoms with Gasteiger partial charge in [0.2, 0.25) is 0 Å². The van der Waals surface area contributed by atoms with E-state index in [4.69, 9.17) is 4.74 Å². The van der Waals surface area contributed by atoms with Gasteiger partial charge in [0.15, 0.2) is 0 Å². The molecule has 2 aliphatic rings. The standard InChI is InChI=1S/C15H21NO/c1-2-7-15-12(4-1)5-3-6-13(15)11-17-14-8-9-16-10-14/h1-2,4,7,13-14,16H,3,5-6,8-11H2. The van der Waals surface area contributed by atoms with Crippen LogP contribution in [0.15, 0.2) is 24.3 Å². The highest BCUT2D eigenvalue weighted by atomic mass is 16.5. The van der Waals surface area contributed by atoms with Crippen molar-refractivity contribution in [1.82, 2.24) is 5.32 Å². The van der Waals surface area contributed by atoms with Crippen LogP contribution in [0, 0.1) is 0 Å². The van der Waals surface area contributed by atoms with Gasteiger partial charge in [-0.1, -0.05) is 24.3 Å². The number of nitrogens with one attached hydrogen (secondary N) is 1. The summed E-state index contributed by atoms with van der Waals surface area (Å²) in [6, 6.07) is 8.88. The van der Waals surface area contributed by atoms with Gasteiger partial charge in [-0.2, -0.15) is 0 Å². The Balaban J connectivity index is 1.64. The second kappa shape index (κ2) is 5.19. The third kappa shape index (κ3) is 2.53. The van der Waals surface area contributed by atoms with E-state index >= 15 is 0 Å². The zero-order valence-corrected chi connectivity index (χ0v) is 10.3. The first kappa shape index (κ1) is 11.2. The van der Waals surface area contributed by atoms with Crippen LogP contribution in [0.25, 0.3) is 0 Å². The molecule has 1 heterocycles. The Bertz CT molecular complexity index is 371. The molecule has 0 spiro atoms. The normalized spacial score (nSPS) is 28.0. The molecule has 1 aliphatic carbocycles. The second-order valence-corrected chi connectivity index (χ2v) is 5.24. The molecular weight excluding hydrogens is 210 g/mol. The predicted octanol–water partition coefficient (Wildman–Crippen LogP) is 2.49. The summed E-state index contributed by atoms with van der Waals surface area (Å²) in [6.07, 6.45) is 5.47. The van der Waals surface area contributed by atoms with Crippen LogP contribution in [0.3, 0.4) is 0 Å². The van der Waals surface area contributed by atoms with Gasteiger partial charge < -0.3 is 10.1 Å². The zero-order chi connectivity index (χ0) is 11.5. The molecule has 1 saturated heterocycles. The van der Waals surface area contributed by atoms with Crippen molar-refractivity contribution in [2.45, 2.75) is 37.7 Å².